The van der Waals surface area contributed by atoms with E-state index in [1.54, 1.807) is 13.0 Å². The number of ether oxygens (including phenoxy) is 2. The van der Waals surface area contributed by atoms with E-state index in [2.05, 4.69) is 46.8 Å². The van der Waals surface area contributed by atoms with Crippen LogP contribution in [0.4, 0.5) is 4.39 Å². The molecule has 0 bridgehead atoms. The average molecular weight is 514 g/mol. The topological polar surface area (TPSA) is 59.0 Å². The molecule has 2 aromatic rings. The van der Waals surface area contributed by atoms with Crippen molar-refractivity contribution in [3.8, 4) is 0 Å². The second-order valence-electron chi connectivity index (χ2n) is 11.6. The highest BCUT2D eigenvalue weighted by Crippen LogP contribution is 2.50. The number of benzene rings is 2. The summed E-state index contributed by atoms with van der Waals surface area (Å²) in [6, 6.07) is 8.96. The highest BCUT2D eigenvalue weighted by Gasteiger charge is 2.58. The molecular weight excluding hydrogens is 477 g/mol. The van der Waals surface area contributed by atoms with Crippen LogP contribution in [0.2, 0.25) is 0 Å². The van der Waals surface area contributed by atoms with Crippen molar-refractivity contribution in [2.75, 3.05) is 6.61 Å². The number of carbonyl (C=O) groups excluding carboxylic acids is 1. The summed E-state index contributed by atoms with van der Waals surface area (Å²) in [6.07, 6.45) is 0.429. The summed E-state index contributed by atoms with van der Waals surface area (Å²) in [5, 5.41) is 11.3. The second kappa shape index (κ2) is 9.10. The summed E-state index contributed by atoms with van der Waals surface area (Å²) >= 11 is 5.60. The molecule has 194 valence electrons. The fourth-order valence-corrected chi connectivity index (χ4v) is 5.86. The van der Waals surface area contributed by atoms with Crippen molar-refractivity contribution in [1.82, 2.24) is 4.90 Å². The van der Waals surface area contributed by atoms with Crippen molar-refractivity contribution in [2.24, 2.45) is 0 Å². The van der Waals surface area contributed by atoms with Gasteiger partial charge in [-0.1, -0.05) is 58.9 Å². The van der Waals surface area contributed by atoms with Gasteiger partial charge in [-0.25, -0.2) is 9.18 Å². The van der Waals surface area contributed by atoms with Crippen LogP contribution < -0.4 is 0 Å². The van der Waals surface area contributed by atoms with Gasteiger partial charge in [0.2, 0.25) is 0 Å². The van der Waals surface area contributed by atoms with Gasteiger partial charge in [0.15, 0.2) is 17.9 Å². The lowest BCUT2D eigenvalue weighted by atomic mass is 9.75. The van der Waals surface area contributed by atoms with E-state index in [9.17, 15) is 14.3 Å². The molecule has 4 rings (SSSR count). The Balaban J connectivity index is 1.92. The molecule has 1 saturated heterocycles. The smallest absolute Gasteiger partial charge is 0.333 e. The highest BCUT2D eigenvalue weighted by molar-refractivity contribution is 7.80. The number of carbonyl (C=O) groups is 1. The number of rotatable bonds is 5. The van der Waals surface area contributed by atoms with Gasteiger partial charge in [0.1, 0.15) is 5.82 Å². The summed E-state index contributed by atoms with van der Waals surface area (Å²) < 4.78 is 25.8. The van der Waals surface area contributed by atoms with Crippen LogP contribution in [0.25, 0.3) is 0 Å². The molecule has 0 spiro atoms. The summed E-state index contributed by atoms with van der Waals surface area (Å²) in [6.45, 7) is 14.7. The largest absolute Gasteiger partial charge is 0.464 e. The Morgan fingerprint density at radius 1 is 1.25 bits per heavy atom. The van der Waals surface area contributed by atoms with Gasteiger partial charge >= 0.3 is 5.97 Å². The molecule has 1 heterocycles. The van der Waals surface area contributed by atoms with E-state index in [1.807, 2.05) is 6.92 Å². The average Bonchev–Trinajstić information content (AvgIpc) is 3.25. The zero-order valence-corrected chi connectivity index (χ0v) is 23.0. The third-order valence-corrected chi connectivity index (χ3v) is 7.90. The van der Waals surface area contributed by atoms with Crippen molar-refractivity contribution >= 4 is 23.4 Å². The SMILES string of the molecule is CCOC(=O)C1N(C(O)c2cccc(F)c2)C(=S)OC1(C)c1cc(C(C)(C)C)cc2c1CCC2(C)C. The molecule has 0 saturated carbocycles. The zero-order valence-electron chi connectivity index (χ0n) is 22.1. The predicted octanol–water partition coefficient (Wildman–Crippen LogP) is 5.80. The van der Waals surface area contributed by atoms with Gasteiger partial charge in [-0.05, 0) is 78.6 Å². The summed E-state index contributed by atoms with van der Waals surface area (Å²) in [5.41, 5.74) is 3.29. The molecule has 0 amide bonds. The van der Waals surface area contributed by atoms with Gasteiger partial charge in [-0.15, -0.1) is 0 Å². The van der Waals surface area contributed by atoms with E-state index in [0.29, 0.717) is 0 Å². The van der Waals surface area contributed by atoms with Gasteiger partial charge < -0.3 is 14.6 Å². The lowest BCUT2D eigenvalue weighted by Gasteiger charge is -2.35. The lowest BCUT2D eigenvalue weighted by Crippen LogP contribution is -2.50. The molecule has 2 aliphatic rings. The van der Waals surface area contributed by atoms with Crippen LogP contribution in [0.5, 0.6) is 0 Å². The Kier molecular flexibility index (Phi) is 6.71. The number of esters is 1. The molecule has 3 atom stereocenters. The van der Waals surface area contributed by atoms with Gasteiger partial charge in [-0.2, -0.15) is 0 Å². The molecule has 5 nitrogen and oxygen atoms in total. The quantitative estimate of drug-likeness (QED) is 0.403. The first-order valence-corrected chi connectivity index (χ1v) is 12.9. The predicted molar refractivity (Wildman–Crippen MR) is 141 cm³/mol. The standard InChI is InChI=1S/C29H36FNO4S/c1-8-34-25(33)23-29(7,35-26(36)31(23)24(32)17-10-9-11-19(30)14-17)22-16-18(27(2,3)4)15-21-20(22)12-13-28(21,5)6/h9-11,14-16,23-24,32H,8,12-13H2,1-7H3. The lowest BCUT2D eigenvalue weighted by molar-refractivity contribution is -0.155. The molecular formula is C29H36FNO4S. The molecule has 1 aliphatic carbocycles. The van der Waals surface area contributed by atoms with Crippen LogP contribution in [0.3, 0.4) is 0 Å². The number of aliphatic hydroxyl groups excluding tert-OH is 1. The molecule has 1 aliphatic heterocycles. The first-order valence-electron chi connectivity index (χ1n) is 12.5. The summed E-state index contributed by atoms with van der Waals surface area (Å²) in [7, 11) is 0. The van der Waals surface area contributed by atoms with Gasteiger partial charge in [0.05, 0.1) is 6.61 Å². The molecule has 1 fully saturated rings. The third-order valence-electron chi connectivity index (χ3n) is 7.61. The van der Waals surface area contributed by atoms with Gasteiger partial charge in [-0.3, -0.25) is 4.90 Å². The maximum Gasteiger partial charge on any atom is 0.333 e. The van der Waals surface area contributed by atoms with E-state index >= 15 is 0 Å². The number of hydrogen-bond donors (Lipinski definition) is 1. The van der Waals surface area contributed by atoms with Crippen LogP contribution in [0.15, 0.2) is 36.4 Å². The Morgan fingerprint density at radius 2 is 1.92 bits per heavy atom. The highest BCUT2D eigenvalue weighted by atomic mass is 32.1. The molecule has 7 heteroatoms. The Hall–Kier alpha value is -2.51. The van der Waals surface area contributed by atoms with Gasteiger partial charge in [0.25, 0.3) is 5.17 Å². The number of thiocarbonyl (C=S) groups is 1. The van der Waals surface area contributed by atoms with Crippen LogP contribution >= 0.6 is 12.2 Å². The van der Waals surface area contributed by atoms with Gasteiger partial charge in [0, 0.05) is 11.1 Å². The van der Waals surface area contributed by atoms with Crippen LogP contribution in [0, 0.1) is 5.82 Å². The number of halogens is 1. The van der Waals surface area contributed by atoms with E-state index in [0.717, 1.165) is 29.5 Å². The van der Waals surface area contributed by atoms with E-state index < -0.39 is 29.7 Å². The maximum atomic E-state index is 14.0. The minimum absolute atomic E-state index is 0.0268. The van der Waals surface area contributed by atoms with Crippen molar-refractivity contribution in [3.05, 3.63) is 70.0 Å². The maximum absolute atomic E-state index is 14.0. The summed E-state index contributed by atoms with van der Waals surface area (Å²) in [4.78, 5) is 14.9. The first kappa shape index (κ1) is 26.6. The number of aliphatic hydroxyl groups is 1. The van der Waals surface area contributed by atoms with Crippen molar-refractivity contribution < 1.29 is 23.8 Å². The van der Waals surface area contributed by atoms with Crippen LogP contribution in [-0.4, -0.2) is 33.8 Å². The van der Waals surface area contributed by atoms with E-state index in [4.69, 9.17) is 21.7 Å². The second-order valence-corrected chi connectivity index (χ2v) is 12.0. The molecule has 3 unspecified atom stereocenters. The Labute approximate surface area is 218 Å². The minimum Gasteiger partial charge on any atom is -0.464 e. The Morgan fingerprint density at radius 3 is 2.53 bits per heavy atom. The number of hydrogen-bond acceptors (Lipinski definition) is 5. The fourth-order valence-electron chi connectivity index (χ4n) is 5.48. The van der Waals surface area contributed by atoms with E-state index in [1.165, 1.54) is 28.7 Å². The zero-order chi connectivity index (χ0) is 26.6. The van der Waals surface area contributed by atoms with Crippen LogP contribution in [0.1, 0.15) is 88.9 Å². The number of fused-ring (bicyclic) bond motifs is 1. The van der Waals surface area contributed by atoms with Crippen LogP contribution in [-0.2, 0) is 37.1 Å². The van der Waals surface area contributed by atoms with Crippen molar-refractivity contribution in [1.29, 1.82) is 0 Å². The van der Waals surface area contributed by atoms with Crippen molar-refractivity contribution in [2.45, 2.75) is 90.0 Å². The molecule has 0 radical (unpaired) electrons. The Bertz CT molecular complexity index is 1200. The molecule has 2 aromatic carbocycles. The van der Waals surface area contributed by atoms with E-state index in [-0.39, 0.29) is 28.2 Å². The molecule has 0 aromatic heterocycles. The molecule has 1 N–H and O–H groups in total. The first-order chi connectivity index (χ1) is 16.7. The summed E-state index contributed by atoms with van der Waals surface area (Å²) in [5.74, 6) is -1.05. The van der Waals surface area contributed by atoms with Crippen molar-refractivity contribution in [3.63, 3.8) is 0 Å². The number of nitrogens with zero attached hydrogens (tertiary/aromatic N) is 1. The third kappa shape index (κ3) is 4.41. The fraction of sp³-hybridized carbons (Fsp3) is 0.517. The minimum atomic E-state index is -1.39. The monoisotopic (exact) mass is 513 g/mol. The molecule has 36 heavy (non-hydrogen) atoms. The normalized spacial score (nSPS) is 23.9.